The molecule has 1 atom stereocenters. The number of amides is 1. The Morgan fingerprint density at radius 1 is 1.32 bits per heavy atom. The van der Waals surface area contributed by atoms with Gasteiger partial charge in [-0.05, 0) is 12.5 Å². The minimum atomic E-state index is -4.72. The molecule has 4 N–H and O–H groups in total. The van der Waals surface area contributed by atoms with Gasteiger partial charge in [0.1, 0.15) is 5.82 Å². The van der Waals surface area contributed by atoms with Crippen molar-refractivity contribution in [3.05, 3.63) is 23.9 Å². The third kappa shape index (κ3) is 6.23. The van der Waals surface area contributed by atoms with E-state index in [1.54, 1.807) is 0 Å². The topological polar surface area (TPSA) is 120 Å². The van der Waals surface area contributed by atoms with Gasteiger partial charge in [-0.15, -0.1) is 0 Å². The van der Waals surface area contributed by atoms with Crippen molar-refractivity contribution in [3.63, 3.8) is 0 Å². The number of pyridine rings is 1. The molecular formula is C14H23N2O5P. The summed E-state index contributed by atoms with van der Waals surface area (Å²) in [5, 5.41) is 12.2. The highest BCUT2D eigenvalue weighted by Crippen LogP contribution is 2.51. The van der Waals surface area contributed by atoms with Crippen molar-refractivity contribution >= 4 is 19.3 Å². The summed E-state index contributed by atoms with van der Waals surface area (Å²) in [5.41, 5.74) is -0.0878. The van der Waals surface area contributed by atoms with E-state index < -0.39 is 13.4 Å². The van der Waals surface area contributed by atoms with E-state index in [9.17, 15) is 14.5 Å². The highest BCUT2D eigenvalue weighted by molar-refractivity contribution is 7.51. The molecule has 0 radical (unpaired) electrons. The van der Waals surface area contributed by atoms with Crippen molar-refractivity contribution in [1.29, 1.82) is 0 Å². The van der Waals surface area contributed by atoms with Crippen molar-refractivity contribution in [2.24, 2.45) is 0 Å². The molecule has 0 aromatic carbocycles. The summed E-state index contributed by atoms with van der Waals surface area (Å²) in [6, 6.07) is 2.77. The zero-order valence-corrected chi connectivity index (χ0v) is 13.5. The Labute approximate surface area is 129 Å². The predicted octanol–water partition coefficient (Wildman–Crippen LogP) is 2.55. The second-order valence-corrected chi connectivity index (χ2v) is 6.78. The number of aromatic nitrogens is 1. The van der Waals surface area contributed by atoms with Gasteiger partial charge in [0.25, 0.3) is 0 Å². The van der Waals surface area contributed by atoms with Gasteiger partial charge in [0.05, 0.1) is 0 Å². The van der Waals surface area contributed by atoms with Gasteiger partial charge in [-0.3, -0.25) is 9.36 Å². The molecule has 1 amide bonds. The largest absolute Gasteiger partial charge is 0.376 e. The fourth-order valence-electron chi connectivity index (χ4n) is 2.00. The summed E-state index contributed by atoms with van der Waals surface area (Å²) in [5.74, 6) is -2.30. The van der Waals surface area contributed by atoms with E-state index in [4.69, 9.17) is 9.79 Å². The number of carbonyl (C=O) groups excluding carboxylic acids is 1. The first kappa shape index (κ1) is 18.8. The van der Waals surface area contributed by atoms with E-state index >= 15 is 0 Å². The molecule has 0 saturated carbocycles. The summed E-state index contributed by atoms with van der Waals surface area (Å²) in [4.78, 5) is 33.8. The summed E-state index contributed by atoms with van der Waals surface area (Å²) >= 11 is 0. The van der Waals surface area contributed by atoms with Crippen molar-refractivity contribution in [2.45, 2.75) is 51.3 Å². The van der Waals surface area contributed by atoms with Crippen molar-refractivity contribution in [1.82, 2.24) is 4.98 Å². The van der Waals surface area contributed by atoms with E-state index in [-0.39, 0.29) is 17.3 Å². The van der Waals surface area contributed by atoms with Crippen LogP contribution in [0.5, 0.6) is 0 Å². The number of carbonyl (C=O) groups is 1. The van der Waals surface area contributed by atoms with Crippen LogP contribution in [-0.2, 0) is 9.36 Å². The Morgan fingerprint density at radius 2 is 2.00 bits per heavy atom. The lowest BCUT2D eigenvalue weighted by molar-refractivity contribution is -0.116. The molecule has 0 fully saturated rings. The first-order chi connectivity index (χ1) is 10.4. The maximum absolute atomic E-state index is 11.8. The molecule has 0 bridgehead atoms. The Morgan fingerprint density at radius 3 is 2.64 bits per heavy atom. The fourth-order valence-corrected chi connectivity index (χ4v) is 2.57. The molecule has 1 aromatic heterocycles. The summed E-state index contributed by atoms with van der Waals surface area (Å²) in [7, 11) is -4.72. The summed E-state index contributed by atoms with van der Waals surface area (Å²) in [6.07, 6.45) is 6.74. The highest BCUT2D eigenvalue weighted by atomic mass is 31.2. The second-order valence-electron chi connectivity index (χ2n) is 5.12. The lowest BCUT2D eigenvalue weighted by atomic mass is 10.1. The van der Waals surface area contributed by atoms with Crippen LogP contribution in [0.3, 0.4) is 0 Å². The SMILES string of the molecule is CCCCCCCC(=O)Nc1ncccc1C(O)P(=O)(O)O. The van der Waals surface area contributed by atoms with Crippen LogP contribution in [-0.4, -0.2) is 25.8 Å². The lowest BCUT2D eigenvalue weighted by Crippen LogP contribution is -2.15. The quantitative estimate of drug-likeness (QED) is 0.408. The smallest absolute Gasteiger partial charge is 0.358 e. The van der Waals surface area contributed by atoms with Crippen molar-refractivity contribution in [2.75, 3.05) is 5.32 Å². The van der Waals surface area contributed by atoms with Gasteiger partial charge in [-0.1, -0.05) is 38.7 Å². The molecular weight excluding hydrogens is 307 g/mol. The number of hydrogen-bond donors (Lipinski definition) is 4. The number of unbranched alkanes of at least 4 members (excludes halogenated alkanes) is 4. The van der Waals surface area contributed by atoms with Gasteiger partial charge in [-0.2, -0.15) is 0 Å². The fraction of sp³-hybridized carbons (Fsp3) is 0.571. The minimum Gasteiger partial charge on any atom is -0.376 e. The minimum absolute atomic E-state index is 0.0168. The second kappa shape index (κ2) is 9.00. The molecule has 1 rings (SSSR count). The van der Waals surface area contributed by atoms with E-state index in [0.29, 0.717) is 6.42 Å². The van der Waals surface area contributed by atoms with Crippen LogP contribution in [0.1, 0.15) is 56.9 Å². The number of rotatable bonds is 9. The van der Waals surface area contributed by atoms with Crippen LogP contribution in [0.15, 0.2) is 18.3 Å². The van der Waals surface area contributed by atoms with E-state index in [1.165, 1.54) is 18.3 Å². The lowest BCUT2D eigenvalue weighted by Gasteiger charge is -2.16. The number of nitrogens with one attached hydrogen (secondary N) is 1. The Bertz CT molecular complexity index is 532. The predicted molar refractivity (Wildman–Crippen MR) is 83.2 cm³/mol. The van der Waals surface area contributed by atoms with Crippen LogP contribution in [0.4, 0.5) is 5.82 Å². The summed E-state index contributed by atoms with van der Waals surface area (Å²) in [6.45, 7) is 2.11. The van der Waals surface area contributed by atoms with Crippen molar-refractivity contribution in [3.8, 4) is 0 Å². The van der Waals surface area contributed by atoms with Gasteiger partial charge in [0.15, 0.2) is 5.85 Å². The molecule has 0 aliphatic heterocycles. The average molecular weight is 330 g/mol. The standard InChI is InChI=1S/C14H23N2O5P/c1-2-3-4-5-6-9-12(17)16-13-11(8-7-10-15-13)14(18)22(19,20)21/h7-8,10,14,18H,2-6,9H2,1H3,(H,15,16,17)(H2,19,20,21). The van der Waals surface area contributed by atoms with Crippen LogP contribution < -0.4 is 5.32 Å². The van der Waals surface area contributed by atoms with Crippen LogP contribution in [0.2, 0.25) is 0 Å². The molecule has 1 aromatic rings. The maximum atomic E-state index is 11.8. The monoisotopic (exact) mass is 330 g/mol. The molecule has 0 spiro atoms. The van der Waals surface area contributed by atoms with Gasteiger partial charge in [0.2, 0.25) is 5.91 Å². The first-order valence-electron chi connectivity index (χ1n) is 7.34. The molecule has 8 heteroatoms. The molecule has 1 unspecified atom stereocenters. The zero-order chi connectivity index (χ0) is 16.6. The van der Waals surface area contributed by atoms with Gasteiger partial charge in [-0.25, -0.2) is 4.98 Å². The number of nitrogens with zero attached hydrogens (tertiary/aromatic N) is 1. The third-order valence-corrected chi connectivity index (χ3v) is 4.12. The maximum Gasteiger partial charge on any atom is 0.358 e. The highest BCUT2D eigenvalue weighted by Gasteiger charge is 2.30. The molecule has 0 aliphatic carbocycles. The van der Waals surface area contributed by atoms with Crippen LogP contribution in [0, 0.1) is 0 Å². The average Bonchev–Trinajstić information content (AvgIpc) is 2.46. The molecule has 124 valence electrons. The van der Waals surface area contributed by atoms with E-state index in [2.05, 4.69) is 17.2 Å². The van der Waals surface area contributed by atoms with E-state index in [0.717, 1.165) is 32.1 Å². The Kier molecular flexibility index (Phi) is 7.68. The van der Waals surface area contributed by atoms with E-state index in [1.807, 2.05) is 0 Å². The van der Waals surface area contributed by atoms with Crippen LogP contribution in [0.25, 0.3) is 0 Å². The summed E-state index contributed by atoms with van der Waals surface area (Å²) < 4.78 is 11.1. The van der Waals surface area contributed by atoms with Gasteiger partial charge < -0.3 is 20.2 Å². The Hall–Kier alpha value is -1.27. The molecule has 0 aliphatic rings. The molecule has 7 nitrogen and oxygen atoms in total. The van der Waals surface area contributed by atoms with Crippen molar-refractivity contribution < 1.29 is 24.3 Å². The zero-order valence-electron chi connectivity index (χ0n) is 12.6. The third-order valence-electron chi connectivity index (χ3n) is 3.20. The number of hydrogen-bond acceptors (Lipinski definition) is 4. The van der Waals surface area contributed by atoms with Gasteiger partial charge in [0, 0.05) is 18.2 Å². The normalized spacial score (nSPS) is 12.9. The number of anilines is 1. The number of aliphatic hydroxyl groups excluding tert-OH is 1. The Balaban J connectivity index is 2.62. The molecule has 1 heterocycles. The first-order valence-corrected chi connectivity index (χ1v) is 9.02. The number of aliphatic hydroxyl groups is 1. The van der Waals surface area contributed by atoms with Crippen LogP contribution >= 0.6 is 7.60 Å². The van der Waals surface area contributed by atoms with Gasteiger partial charge >= 0.3 is 7.60 Å². The molecule has 22 heavy (non-hydrogen) atoms. The molecule has 0 saturated heterocycles.